The molecule has 7 heteroatoms. The van der Waals surface area contributed by atoms with E-state index in [1.807, 2.05) is 57.1 Å². The Labute approximate surface area is 146 Å². The van der Waals surface area contributed by atoms with Gasteiger partial charge in [-0.1, -0.05) is 0 Å². The molecule has 0 aliphatic carbocycles. The lowest BCUT2D eigenvalue weighted by Gasteiger charge is -2.22. The molecule has 0 bridgehead atoms. The SMILES string of the molecule is Cc1ccc(-c2cc(C(=O)NCC(c3ccc(C)o3)N(C)C)n[nH]2)o1. The van der Waals surface area contributed by atoms with Gasteiger partial charge in [-0.2, -0.15) is 5.10 Å². The monoisotopic (exact) mass is 342 g/mol. The zero-order chi connectivity index (χ0) is 18.0. The maximum Gasteiger partial charge on any atom is 0.271 e. The number of aromatic amines is 1. The summed E-state index contributed by atoms with van der Waals surface area (Å²) in [4.78, 5) is 14.4. The van der Waals surface area contributed by atoms with Crippen LogP contribution in [0.1, 0.15) is 33.8 Å². The van der Waals surface area contributed by atoms with E-state index in [-0.39, 0.29) is 11.9 Å². The summed E-state index contributed by atoms with van der Waals surface area (Å²) in [5.74, 6) is 2.87. The molecule has 0 saturated heterocycles. The first-order chi connectivity index (χ1) is 11.9. The predicted octanol–water partition coefficient (Wildman–Crippen LogP) is 2.91. The Bertz CT molecular complexity index is 859. The molecule has 0 fully saturated rings. The summed E-state index contributed by atoms with van der Waals surface area (Å²) in [6.07, 6.45) is 0. The number of hydrogen-bond donors (Lipinski definition) is 2. The van der Waals surface area contributed by atoms with Gasteiger partial charge in [0.2, 0.25) is 0 Å². The molecule has 0 radical (unpaired) electrons. The minimum Gasteiger partial charge on any atom is -0.465 e. The van der Waals surface area contributed by atoms with Crippen LogP contribution in [-0.4, -0.2) is 41.6 Å². The Balaban J connectivity index is 1.66. The smallest absolute Gasteiger partial charge is 0.271 e. The van der Waals surface area contributed by atoms with Gasteiger partial charge in [0.15, 0.2) is 11.5 Å². The van der Waals surface area contributed by atoms with Gasteiger partial charge in [-0.05, 0) is 52.2 Å². The largest absolute Gasteiger partial charge is 0.465 e. The van der Waals surface area contributed by atoms with E-state index in [0.717, 1.165) is 17.3 Å². The molecule has 3 rings (SSSR count). The van der Waals surface area contributed by atoms with Gasteiger partial charge in [0.1, 0.15) is 23.0 Å². The average molecular weight is 342 g/mol. The van der Waals surface area contributed by atoms with E-state index in [4.69, 9.17) is 8.83 Å². The number of furan rings is 2. The molecule has 1 amide bonds. The van der Waals surface area contributed by atoms with Gasteiger partial charge in [-0.15, -0.1) is 0 Å². The molecule has 0 aliphatic rings. The van der Waals surface area contributed by atoms with E-state index in [0.29, 0.717) is 23.7 Å². The molecule has 25 heavy (non-hydrogen) atoms. The lowest BCUT2D eigenvalue weighted by molar-refractivity contribution is 0.0934. The Hall–Kier alpha value is -2.80. The van der Waals surface area contributed by atoms with Crippen molar-refractivity contribution in [1.29, 1.82) is 0 Å². The molecule has 0 aromatic carbocycles. The number of H-pyrrole nitrogens is 1. The second-order valence-electron chi connectivity index (χ2n) is 6.22. The average Bonchev–Trinajstić information content (AvgIpc) is 3.27. The highest BCUT2D eigenvalue weighted by atomic mass is 16.3. The van der Waals surface area contributed by atoms with Crippen LogP contribution in [-0.2, 0) is 0 Å². The molecule has 132 valence electrons. The van der Waals surface area contributed by atoms with Crippen molar-refractivity contribution in [1.82, 2.24) is 20.4 Å². The molecular formula is C18H22N4O3. The third-order valence-electron chi connectivity index (χ3n) is 3.99. The van der Waals surface area contributed by atoms with Crippen LogP contribution in [0.15, 0.2) is 39.2 Å². The van der Waals surface area contributed by atoms with Crippen molar-refractivity contribution in [2.24, 2.45) is 0 Å². The summed E-state index contributed by atoms with van der Waals surface area (Å²) in [7, 11) is 3.89. The maximum absolute atomic E-state index is 12.4. The number of carbonyl (C=O) groups excluding carboxylic acids is 1. The number of aryl methyl sites for hydroxylation is 2. The lowest BCUT2D eigenvalue weighted by Crippen LogP contribution is -2.34. The second-order valence-corrected chi connectivity index (χ2v) is 6.22. The summed E-state index contributed by atoms with van der Waals surface area (Å²) < 4.78 is 11.2. The van der Waals surface area contributed by atoms with Crippen LogP contribution in [0.25, 0.3) is 11.5 Å². The van der Waals surface area contributed by atoms with Gasteiger partial charge in [-0.25, -0.2) is 0 Å². The highest BCUT2D eigenvalue weighted by Crippen LogP contribution is 2.21. The van der Waals surface area contributed by atoms with Crippen molar-refractivity contribution in [2.45, 2.75) is 19.9 Å². The molecule has 3 aromatic rings. The predicted molar refractivity (Wildman–Crippen MR) is 93.2 cm³/mol. The number of amides is 1. The fourth-order valence-electron chi connectivity index (χ4n) is 2.59. The summed E-state index contributed by atoms with van der Waals surface area (Å²) in [5, 5.41) is 9.80. The first-order valence-corrected chi connectivity index (χ1v) is 8.07. The van der Waals surface area contributed by atoms with Crippen molar-refractivity contribution in [3.8, 4) is 11.5 Å². The Kier molecular flexibility index (Phi) is 4.76. The van der Waals surface area contributed by atoms with Crippen molar-refractivity contribution >= 4 is 5.91 Å². The van der Waals surface area contributed by atoms with E-state index in [1.54, 1.807) is 6.07 Å². The molecule has 3 heterocycles. The Morgan fingerprint density at radius 1 is 1.20 bits per heavy atom. The standard InChI is InChI=1S/C18H22N4O3/c1-11-5-7-16(24-11)13-9-14(21-20-13)18(23)19-10-15(22(3)4)17-8-6-12(2)25-17/h5-9,15H,10H2,1-4H3,(H,19,23)(H,20,21). The van der Waals surface area contributed by atoms with Crippen molar-refractivity contribution in [3.05, 3.63) is 53.3 Å². The molecule has 0 aliphatic heterocycles. The van der Waals surface area contributed by atoms with Crippen molar-refractivity contribution in [3.63, 3.8) is 0 Å². The minimum atomic E-state index is -0.249. The van der Waals surface area contributed by atoms with E-state index < -0.39 is 0 Å². The number of carbonyl (C=O) groups is 1. The highest BCUT2D eigenvalue weighted by Gasteiger charge is 2.20. The number of nitrogens with one attached hydrogen (secondary N) is 2. The first kappa shape index (κ1) is 17.0. The normalized spacial score (nSPS) is 12.5. The molecule has 7 nitrogen and oxygen atoms in total. The topological polar surface area (TPSA) is 87.3 Å². The maximum atomic E-state index is 12.4. The molecule has 1 atom stereocenters. The Morgan fingerprint density at radius 3 is 2.52 bits per heavy atom. The van der Waals surface area contributed by atoms with Gasteiger partial charge in [0.05, 0.1) is 6.04 Å². The summed E-state index contributed by atoms with van der Waals surface area (Å²) in [5.41, 5.74) is 0.987. The molecular weight excluding hydrogens is 320 g/mol. The van der Waals surface area contributed by atoms with Crippen LogP contribution < -0.4 is 5.32 Å². The second kappa shape index (κ2) is 6.98. The van der Waals surface area contributed by atoms with E-state index >= 15 is 0 Å². The number of hydrogen-bond acceptors (Lipinski definition) is 5. The van der Waals surface area contributed by atoms with Crippen LogP contribution >= 0.6 is 0 Å². The fourth-order valence-corrected chi connectivity index (χ4v) is 2.59. The van der Waals surface area contributed by atoms with Crippen LogP contribution in [0.5, 0.6) is 0 Å². The first-order valence-electron chi connectivity index (χ1n) is 8.07. The van der Waals surface area contributed by atoms with Crippen LogP contribution in [0, 0.1) is 13.8 Å². The molecule has 0 saturated carbocycles. The minimum absolute atomic E-state index is 0.0521. The quantitative estimate of drug-likeness (QED) is 0.719. The highest BCUT2D eigenvalue weighted by molar-refractivity contribution is 5.93. The summed E-state index contributed by atoms with van der Waals surface area (Å²) in [6, 6.07) is 9.17. The molecule has 1 unspecified atom stereocenters. The summed E-state index contributed by atoms with van der Waals surface area (Å²) in [6.45, 7) is 4.18. The van der Waals surface area contributed by atoms with Crippen LogP contribution in [0.2, 0.25) is 0 Å². The van der Waals surface area contributed by atoms with Crippen LogP contribution in [0.4, 0.5) is 0 Å². The Morgan fingerprint density at radius 2 is 1.92 bits per heavy atom. The molecule has 3 aromatic heterocycles. The molecule has 2 N–H and O–H groups in total. The van der Waals surface area contributed by atoms with Gasteiger partial charge in [0, 0.05) is 12.6 Å². The zero-order valence-corrected chi connectivity index (χ0v) is 14.8. The number of likely N-dealkylation sites (N-methyl/N-ethyl adjacent to an activating group) is 1. The van der Waals surface area contributed by atoms with E-state index in [9.17, 15) is 4.79 Å². The number of rotatable bonds is 6. The zero-order valence-electron chi connectivity index (χ0n) is 14.8. The van der Waals surface area contributed by atoms with Gasteiger partial charge in [0.25, 0.3) is 5.91 Å². The number of nitrogens with zero attached hydrogens (tertiary/aromatic N) is 2. The number of aromatic nitrogens is 2. The van der Waals surface area contributed by atoms with Gasteiger partial charge >= 0.3 is 0 Å². The third kappa shape index (κ3) is 3.83. The van der Waals surface area contributed by atoms with Gasteiger partial charge in [-0.3, -0.25) is 14.8 Å². The summed E-state index contributed by atoms with van der Waals surface area (Å²) >= 11 is 0. The van der Waals surface area contributed by atoms with Gasteiger partial charge < -0.3 is 14.2 Å². The lowest BCUT2D eigenvalue weighted by atomic mass is 10.2. The third-order valence-corrected chi connectivity index (χ3v) is 3.99. The van der Waals surface area contributed by atoms with E-state index in [1.165, 1.54) is 0 Å². The molecule has 0 spiro atoms. The van der Waals surface area contributed by atoms with Crippen LogP contribution in [0.3, 0.4) is 0 Å². The fraction of sp³-hybridized carbons (Fsp3) is 0.333. The van der Waals surface area contributed by atoms with Crippen molar-refractivity contribution < 1.29 is 13.6 Å². The van der Waals surface area contributed by atoms with Crippen molar-refractivity contribution in [2.75, 3.05) is 20.6 Å². The van der Waals surface area contributed by atoms with E-state index in [2.05, 4.69) is 15.5 Å².